The number of amides is 1. The lowest BCUT2D eigenvalue weighted by Gasteiger charge is -2.24. The van der Waals surface area contributed by atoms with Gasteiger partial charge in [-0.25, -0.2) is 9.78 Å². The van der Waals surface area contributed by atoms with Gasteiger partial charge in [-0.2, -0.15) is 0 Å². The lowest BCUT2D eigenvalue weighted by Crippen LogP contribution is -2.32. The highest BCUT2D eigenvalue weighted by Gasteiger charge is 2.46. The van der Waals surface area contributed by atoms with Gasteiger partial charge in [0.05, 0.1) is 35.3 Å². The molecular weight excluding hydrogens is 526 g/mol. The van der Waals surface area contributed by atoms with Gasteiger partial charge >= 0.3 is 5.97 Å². The molecule has 1 amide bonds. The maximum atomic E-state index is 13.8. The van der Waals surface area contributed by atoms with Crippen LogP contribution in [0.3, 0.4) is 0 Å². The number of carbonyl (C=O) groups excluding carboxylic acids is 2. The van der Waals surface area contributed by atoms with Crippen molar-refractivity contribution in [2.45, 2.75) is 6.04 Å². The fourth-order valence-corrected chi connectivity index (χ4v) is 4.84. The second-order valence-corrected chi connectivity index (χ2v) is 9.27. The minimum absolute atomic E-state index is 0.0177. The summed E-state index contributed by atoms with van der Waals surface area (Å²) in [6.07, 6.45) is 0. The van der Waals surface area contributed by atoms with E-state index in [1.807, 2.05) is 0 Å². The number of hydrogen-bond donors (Lipinski definition) is 3. The summed E-state index contributed by atoms with van der Waals surface area (Å²) >= 11 is 6.07. The van der Waals surface area contributed by atoms with E-state index in [4.69, 9.17) is 20.8 Å². The number of methoxy groups -OCH3 is 1. The number of aliphatic hydroxyl groups excluding tert-OH is 1. The van der Waals surface area contributed by atoms with E-state index in [9.17, 15) is 24.6 Å². The van der Waals surface area contributed by atoms with Crippen LogP contribution in [0.15, 0.2) is 82.5 Å². The molecule has 3 heterocycles. The number of aromatic amines is 1. The topological polar surface area (TPSA) is 146 Å². The predicted octanol–water partition coefficient (Wildman–Crippen LogP) is 5.45. The molecule has 0 saturated heterocycles. The van der Waals surface area contributed by atoms with Gasteiger partial charge in [0.15, 0.2) is 11.5 Å². The van der Waals surface area contributed by atoms with Crippen LogP contribution in [0.2, 0.25) is 5.02 Å². The number of carboxylic acid groups (broad SMARTS) is 1. The van der Waals surface area contributed by atoms with Crippen LogP contribution in [0.1, 0.15) is 32.5 Å². The number of fused-ring (bicyclic) bond motifs is 2. The first-order chi connectivity index (χ1) is 18.7. The van der Waals surface area contributed by atoms with Crippen molar-refractivity contribution in [3.8, 4) is 5.75 Å². The van der Waals surface area contributed by atoms with Crippen LogP contribution in [0, 0.1) is 0 Å². The number of H-pyrrole nitrogens is 1. The van der Waals surface area contributed by atoms with Gasteiger partial charge in [0.1, 0.15) is 11.3 Å². The van der Waals surface area contributed by atoms with Gasteiger partial charge in [-0.05, 0) is 60.2 Å². The molecule has 3 aromatic carbocycles. The van der Waals surface area contributed by atoms with Crippen LogP contribution in [-0.4, -0.2) is 45.0 Å². The second-order valence-electron chi connectivity index (χ2n) is 8.83. The van der Waals surface area contributed by atoms with Crippen molar-refractivity contribution in [1.29, 1.82) is 0 Å². The maximum Gasteiger partial charge on any atom is 0.335 e. The number of aromatic carboxylic acids is 1. The standard InChI is InChI=1S/C28H18ClN3O7/c1-38-17-6-2-13(3-7-17)23-22(24(33)21-12-15-10-16(29)5-9-20(15)39-21)25(34)26(35)32(23)28-30-18-8-4-14(27(36)37)11-19(18)31-28/h2-12,23,34H,1H3,(H,30,31)(H,36,37). The first-order valence-corrected chi connectivity index (χ1v) is 12.0. The number of rotatable bonds is 6. The molecule has 0 radical (unpaired) electrons. The SMILES string of the molecule is COc1ccc(C2C(C(=O)c3cc4cc(Cl)ccc4o3)=C(O)C(=O)N2c2nc3ccc(C(=O)O)cc3[nH]2)cc1. The van der Waals surface area contributed by atoms with Crippen LogP contribution >= 0.6 is 11.6 Å². The number of nitrogens with zero attached hydrogens (tertiary/aromatic N) is 2. The average Bonchev–Trinajstić information content (AvgIpc) is 3.61. The zero-order valence-corrected chi connectivity index (χ0v) is 20.9. The van der Waals surface area contributed by atoms with Crippen LogP contribution in [0.4, 0.5) is 5.95 Å². The Labute approximate surface area is 224 Å². The zero-order chi connectivity index (χ0) is 27.4. The number of hydrogen-bond acceptors (Lipinski definition) is 7. The molecule has 0 aliphatic carbocycles. The number of nitrogens with one attached hydrogen (secondary N) is 1. The van der Waals surface area contributed by atoms with E-state index < -0.39 is 29.5 Å². The minimum Gasteiger partial charge on any atom is -0.503 e. The first kappa shape index (κ1) is 24.3. The third kappa shape index (κ3) is 3.98. The number of aliphatic hydroxyl groups is 1. The summed E-state index contributed by atoms with van der Waals surface area (Å²) in [5, 5.41) is 21.4. The fraction of sp³-hybridized carbons (Fsp3) is 0.0714. The van der Waals surface area contributed by atoms with Crippen molar-refractivity contribution in [3.05, 3.63) is 100.0 Å². The Morgan fingerprint density at radius 1 is 1.08 bits per heavy atom. The summed E-state index contributed by atoms with van der Waals surface area (Å²) in [6.45, 7) is 0. The Hall–Kier alpha value is -5.09. The fourth-order valence-electron chi connectivity index (χ4n) is 4.66. The molecule has 2 aromatic heterocycles. The number of aromatic nitrogens is 2. The van der Waals surface area contributed by atoms with E-state index in [1.54, 1.807) is 42.5 Å². The summed E-state index contributed by atoms with van der Waals surface area (Å²) in [4.78, 5) is 47.2. The van der Waals surface area contributed by atoms with Crippen LogP contribution in [-0.2, 0) is 4.79 Å². The number of anilines is 1. The molecule has 10 nitrogen and oxygen atoms in total. The zero-order valence-electron chi connectivity index (χ0n) is 20.1. The maximum absolute atomic E-state index is 13.8. The predicted molar refractivity (Wildman–Crippen MR) is 141 cm³/mol. The Morgan fingerprint density at radius 3 is 2.56 bits per heavy atom. The van der Waals surface area contributed by atoms with Gasteiger partial charge in [0.2, 0.25) is 11.7 Å². The molecule has 11 heteroatoms. The molecule has 0 saturated carbocycles. The second kappa shape index (κ2) is 9.03. The van der Waals surface area contributed by atoms with Crippen LogP contribution < -0.4 is 9.64 Å². The number of ketones is 1. The summed E-state index contributed by atoms with van der Waals surface area (Å²) in [5.41, 5.74) is 1.48. The molecule has 3 N–H and O–H groups in total. The van der Waals surface area contributed by atoms with E-state index in [0.29, 0.717) is 38.3 Å². The normalized spacial score (nSPS) is 15.5. The van der Waals surface area contributed by atoms with Crippen molar-refractivity contribution in [1.82, 2.24) is 9.97 Å². The van der Waals surface area contributed by atoms with Crippen LogP contribution in [0.5, 0.6) is 5.75 Å². The number of halogens is 1. The third-order valence-corrected chi connectivity index (χ3v) is 6.77. The van der Waals surface area contributed by atoms with E-state index in [1.165, 1.54) is 31.4 Å². The highest BCUT2D eigenvalue weighted by atomic mass is 35.5. The molecule has 6 rings (SSSR count). The number of carbonyl (C=O) groups is 3. The average molecular weight is 544 g/mol. The molecule has 194 valence electrons. The number of Topliss-reactive ketones (excluding diaryl/α,β-unsaturated/α-hetero) is 1. The molecule has 0 bridgehead atoms. The molecule has 1 aliphatic rings. The summed E-state index contributed by atoms with van der Waals surface area (Å²) in [7, 11) is 1.51. The minimum atomic E-state index is -1.12. The molecule has 1 aliphatic heterocycles. The van der Waals surface area contributed by atoms with E-state index in [2.05, 4.69) is 9.97 Å². The number of furan rings is 1. The first-order valence-electron chi connectivity index (χ1n) is 11.6. The van der Waals surface area contributed by atoms with Gasteiger partial charge in [-0.15, -0.1) is 0 Å². The van der Waals surface area contributed by atoms with E-state index >= 15 is 0 Å². The third-order valence-electron chi connectivity index (χ3n) is 6.53. The number of ether oxygens (including phenoxy) is 1. The van der Waals surface area contributed by atoms with Gasteiger partial charge in [-0.3, -0.25) is 14.5 Å². The number of imidazole rings is 1. The number of benzene rings is 3. The van der Waals surface area contributed by atoms with Crippen molar-refractivity contribution >= 4 is 57.2 Å². The van der Waals surface area contributed by atoms with Gasteiger partial charge < -0.3 is 24.4 Å². The Bertz CT molecular complexity index is 1850. The van der Waals surface area contributed by atoms with E-state index in [-0.39, 0.29) is 22.8 Å². The van der Waals surface area contributed by atoms with Crippen molar-refractivity contribution in [2.24, 2.45) is 0 Å². The lowest BCUT2D eigenvalue weighted by atomic mass is 9.95. The van der Waals surface area contributed by atoms with Crippen molar-refractivity contribution in [2.75, 3.05) is 12.0 Å². The lowest BCUT2D eigenvalue weighted by molar-refractivity contribution is -0.117. The van der Waals surface area contributed by atoms with Gasteiger partial charge in [0, 0.05) is 10.4 Å². The Morgan fingerprint density at radius 2 is 1.85 bits per heavy atom. The molecule has 39 heavy (non-hydrogen) atoms. The summed E-state index contributed by atoms with van der Waals surface area (Å²) < 4.78 is 11.0. The molecule has 0 spiro atoms. The largest absolute Gasteiger partial charge is 0.503 e. The van der Waals surface area contributed by atoms with Gasteiger partial charge in [-0.1, -0.05) is 23.7 Å². The Kier molecular flexibility index (Phi) is 5.62. The van der Waals surface area contributed by atoms with E-state index in [0.717, 1.165) is 4.90 Å². The summed E-state index contributed by atoms with van der Waals surface area (Å²) in [5.74, 6) is -2.96. The van der Waals surface area contributed by atoms with Crippen LogP contribution in [0.25, 0.3) is 22.0 Å². The highest BCUT2D eigenvalue weighted by Crippen LogP contribution is 2.42. The molecule has 1 unspecified atom stereocenters. The molecule has 0 fully saturated rings. The molecular formula is C28H18ClN3O7. The van der Waals surface area contributed by atoms with Crippen molar-refractivity contribution < 1.29 is 33.8 Å². The quantitative estimate of drug-likeness (QED) is 0.239. The Balaban J connectivity index is 1.49. The monoisotopic (exact) mass is 543 g/mol. The molecule has 1 atom stereocenters. The van der Waals surface area contributed by atoms with Gasteiger partial charge in [0.25, 0.3) is 5.91 Å². The number of carboxylic acids is 1. The highest BCUT2D eigenvalue weighted by molar-refractivity contribution is 6.31. The summed E-state index contributed by atoms with van der Waals surface area (Å²) in [6, 6.07) is 16.2. The smallest absolute Gasteiger partial charge is 0.335 e. The van der Waals surface area contributed by atoms with Crippen molar-refractivity contribution in [3.63, 3.8) is 0 Å². The molecule has 5 aromatic rings.